The zero-order valence-corrected chi connectivity index (χ0v) is 20.4. The molecule has 2 aliphatic heterocycles. The number of carbonyl (C=O) groups excluding carboxylic acids is 1. The van der Waals surface area contributed by atoms with Gasteiger partial charge in [0.15, 0.2) is 0 Å². The summed E-state index contributed by atoms with van der Waals surface area (Å²) in [6, 6.07) is 14.4. The first kappa shape index (κ1) is 23.4. The fourth-order valence-corrected chi connectivity index (χ4v) is 6.07. The van der Waals surface area contributed by atoms with Gasteiger partial charge in [-0.1, -0.05) is 57.9 Å². The van der Waals surface area contributed by atoms with Crippen LogP contribution in [0.5, 0.6) is 0 Å². The molecule has 2 fully saturated rings. The van der Waals surface area contributed by atoms with E-state index >= 15 is 0 Å². The quantitative estimate of drug-likeness (QED) is 0.488. The van der Waals surface area contributed by atoms with Crippen LogP contribution in [-0.4, -0.2) is 32.0 Å². The van der Waals surface area contributed by atoms with Crippen molar-refractivity contribution in [1.29, 1.82) is 0 Å². The molecule has 0 spiro atoms. The van der Waals surface area contributed by atoms with Gasteiger partial charge < -0.3 is 4.55 Å². The lowest BCUT2D eigenvalue weighted by Gasteiger charge is -2.41. The molecule has 5 atom stereocenters. The van der Waals surface area contributed by atoms with Crippen LogP contribution in [0, 0.1) is 24.7 Å². The van der Waals surface area contributed by atoms with Crippen LogP contribution in [0.3, 0.4) is 0 Å². The fraction of sp³-hybridized carbons (Fsp3) is 0.400. The maximum Gasteiger partial charge on any atom is 0.316 e. The van der Waals surface area contributed by atoms with Gasteiger partial charge in [0.2, 0.25) is 0 Å². The molecule has 2 bridgehead atoms. The Bertz CT molecular complexity index is 1100. The van der Waals surface area contributed by atoms with Crippen molar-refractivity contribution in [3.05, 3.63) is 76.3 Å². The zero-order valence-electron chi connectivity index (χ0n) is 18.0. The lowest BCUT2D eigenvalue weighted by Crippen LogP contribution is -3.16. The van der Waals surface area contributed by atoms with Crippen LogP contribution in [-0.2, 0) is 14.9 Å². The number of hydrogen-bond donors (Lipinski definition) is 1. The van der Waals surface area contributed by atoms with Crippen LogP contribution >= 0.6 is 15.9 Å². The van der Waals surface area contributed by atoms with Gasteiger partial charge in [-0.3, -0.25) is 4.90 Å². The number of quaternary nitrogens is 1. The van der Waals surface area contributed by atoms with Crippen LogP contribution in [0.4, 0.5) is 0 Å². The first-order valence-corrected chi connectivity index (χ1v) is 13.3. The predicted molar refractivity (Wildman–Crippen MR) is 125 cm³/mol. The number of rotatable bonds is 2. The summed E-state index contributed by atoms with van der Waals surface area (Å²) in [5.41, 5.74) is 2.29. The molecule has 0 saturated carbocycles. The minimum absolute atomic E-state index is 0.178. The molecule has 0 aromatic heterocycles. The van der Waals surface area contributed by atoms with Gasteiger partial charge in [-0.25, -0.2) is 13.2 Å². The van der Waals surface area contributed by atoms with Gasteiger partial charge in [0.05, 0.1) is 23.9 Å². The molecule has 2 saturated heterocycles. The third kappa shape index (κ3) is 5.06. The highest BCUT2D eigenvalue weighted by molar-refractivity contribution is 9.10. The molecule has 1 unspecified atom stereocenters. The van der Waals surface area contributed by atoms with E-state index in [4.69, 9.17) is 0 Å². The van der Waals surface area contributed by atoms with Gasteiger partial charge in [0, 0.05) is 16.8 Å². The van der Waals surface area contributed by atoms with Gasteiger partial charge in [-0.15, -0.1) is 0 Å². The van der Waals surface area contributed by atoms with E-state index in [1.54, 1.807) is 12.1 Å². The van der Waals surface area contributed by atoms with Crippen molar-refractivity contribution < 1.29 is 22.7 Å². The van der Waals surface area contributed by atoms with Crippen molar-refractivity contribution in [2.75, 3.05) is 13.1 Å². The van der Waals surface area contributed by atoms with E-state index in [0.29, 0.717) is 23.7 Å². The van der Waals surface area contributed by atoms with Crippen molar-refractivity contribution in [3.8, 4) is 0 Å². The number of halogens is 1. The molecule has 3 aliphatic rings. The molecular formula is C25H28BrNO4S. The fourth-order valence-electron chi connectivity index (χ4n) is 5.34. The average molecular weight is 518 g/mol. The minimum atomic E-state index is -4.27. The molecule has 1 aliphatic carbocycles. The molecule has 1 N–H and O–H groups in total. The second-order valence-corrected chi connectivity index (χ2v) is 11.3. The Hall–Kier alpha value is -1.80. The smallest absolute Gasteiger partial charge is 0.316 e. The summed E-state index contributed by atoms with van der Waals surface area (Å²) < 4.78 is 32.3. The van der Waals surface area contributed by atoms with Crippen molar-refractivity contribution in [3.63, 3.8) is 0 Å². The number of nitrogens with one attached hydrogen (secondary N) is 1. The number of benzene rings is 2. The Labute approximate surface area is 198 Å². The van der Waals surface area contributed by atoms with E-state index in [1.807, 2.05) is 6.92 Å². The number of hydrogen-bond acceptors (Lipinski definition) is 4. The van der Waals surface area contributed by atoms with Crippen LogP contribution < -0.4 is 4.90 Å². The Balaban J connectivity index is 0.000000189. The number of carbonyl (C=O) groups is 1. The summed E-state index contributed by atoms with van der Waals surface area (Å²) in [5.74, 6) is 2.18. The Morgan fingerprint density at radius 3 is 2.31 bits per heavy atom. The molecule has 5 nitrogen and oxygen atoms in total. The van der Waals surface area contributed by atoms with Crippen molar-refractivity contribution in [2.45, 2.75) is 37.0 Å². The van der Waals surface area contributed by atoms with Crippen molar-refractivity contribution >= 4 is 32.0 Å². The van der Waals surface area contributed by atoms with Crippen LogP contribution in [0.15, 0.2) is 70.1 Å². The largest absolute Gasteiger partial charge is 0.744 e. The zero-order chi connectivity index (χ0) is 22.9. The average Bonchev–Trinajstić information content (AvgIpc) is 2.88. The maximum atomic E-state index is 12.8. The normalized spacial score (nSPS) is 29.0. The summed E-state index contributed by atoms with van der Waals surface area (Å²) in [5, 5.41) is 0. The summed E-state index contributed by atoms with van der Waals surface area (Å²) in [4.78, 5) is 13.9. The molecule has 2 aromatic rings. The topological polar surface area (TPSA) is 78.7 Å². The Kier molecular flexibility index (Phi) is 7.00. The summed E-state index contributed by atoms with van der Waals surface area (Å²) in [6.45, 7) is 3.91. The van der Waals surface area contributed by atoms with Gasteiger partial charge >= 0.3 is 5.91 Å². The van der Waals surface area contributed by atoms with E-state index in [0.717, 1.165) is 23.1 Å². The first-order valence-electron chi connectivity index (χ1n) is 11.1. The SMILES string of the molecule is Cc1ccc(S(=O)(=O)[O-])cc1.O=C1[C@H]2[C@@H]3CC[NH+]1CCC[C@@H]2C=C[C@@H]3c1ccc(Br)cc1. The van der Waals surface area contributed by atoms with Crippen molar-refractivity contribution in [2.24, 2.45) is 17.8 Å². The predicted octanol–water partition coefficient (Wildman–Crippen LogP) is 3.46. The number of piperidine rings is 1. The third-order valence-corrected chi connectivity index (χ3v) is 8.34. The Morgan fingerprint density at radius 2 is 1.66 bits per heavy atom. The van der Waals surface area contributed by atoms with Gasteiger partial charge in [0.25, 0.3) is 0 Å². The monoisotopic (exact) mass is 517 g/mol. The molecule has 1 amide bonds. The summed E-state index contributed by atoms with van der Waals surface area (Å²) >= 11 is 3.51. The van der Waals surface area contributed by atoms with Gasteiger partial charge in [0.1, 0.15) is 10.1 Å². The number of aryl methyl sites for hydroxylation is 1. The highest BCUT2D eigenvalue weighted by Crippen LogP contribution is 2.44. The van der Waals surface area contributed by atoms with E-state index in [1.165, 1.54) is 41.9 Å². The molecule has 2 heterocycles. The van der Waals surface area contributed by atoms with E-state index in [-0.39, 0.29) is 10.8 Å². The molecule has 7 heteroatoms. The molecule has 0 radical (unpaired) electrons. The highest BCUT2D eigenvalue weighted by Gasteiger charge is 2.49. The Morgan fingerprint density at radius 1 is 0.969 bits per heavy atom. The maximum absolute atomic E-state index is 12.8. The van der Waals surface area contributed by atoms with Crippen LogP contribution in [0.2, 0.25) is 0 Å². The molecule has 2 aromatic carbocycles. The lowest BCUT2D eigenvalue weighted by atomic mass is 9.65. The van der Waals surface area contributed by atoms with Gasteiger partial charge in [-0.05, 0) is 61.4 Å². The molecule has 170 valence electrons. The summed E-state index contributed by atoms with van der Waals surface area (Å²) in [7, 11) is -4.27. The summed E-state index contributed by atoms with van der Waals surface area (Å²) in [6.07, 6.45) is 8.31. The minimum Gasteiger partial charge on any atom is -0.744 e. The van der Waals surface area contributed by atoms with Crippen molar-refractivity contribution in [1.82, 2.24) is 0 Å². The van der Waals surface area contributed by atoms with E-state index in [9.17, 15) is 17.8 Å². The second-order valence-electron chi connectivity index (χ2n) is 8.98. The third-order valence-electron chi connectivity index (χ3n) is 6.96. The number of amides is 1. The van der Waals surface area contributed by atoms with E-state index < -0.39 is 10.1 Å². The molecule has 5 rings (SSSR count). The lowest BCUT2D eigenvalue weighted by molar-refractivity contribution is -0.827. The van der Waals surface area contributed by atoms with Gasteiger partial charge in [-0.2, -0.15) is 0 Å². The second kappa shape index (κ2) is 9.59. The number of allylic oxidation sites excluding steroid dienone is 2. The van der Waals surface area contributed by atoms with Crippen LogP contribution in [0.25, 0.3) is 0 Å². The standard InChI is InChI=1S/C18H20BrNO.C7H8O3S/c19-14-6-3-12(4-7-14)15-8-5-13-2-1-10-20-11-9-16(15)17(13)18(20)21;1-6-2-4-7(5-3-6)11(8,9)10/h3-8,13,15-17H,1-2,9-11H2;2-5H,1H3,(H,8,9,10)/t13-,15-,16-,17-;/m1./s1. The number of fused-ring (bicyclic) bond motifs is 1. The van der Waals surface area contributed by atoms with E-state index in [2.05, 4.69) is 52.3 Å². The first-order chi connectivity index (χ1) is 15.2. The van der Waals surface area contributed by atoms with Crippen LogP contribution in [0.1, 0.15) is 36.3 Å². The highest BCUT2D eigenvalue weighted by atomic mass is 79.9. The molecule has 32 heavy (non-hydrogen) atoms. The molecular weight excluding hydrogens is 490 g/mol.